The number of ether oxygens (including phenoxy) is 1. The van der Waals surface area contributed by atoms with Crippen LogP contribution in [0.5, 0.6) is 5.75 Å². The van der Waals surface area contributed by atoms with Gasteiger partial charge in [0.05, 0.1) is 17.5 Å². The number of nitrogens with zero attached hydrogens (tertiary/aromatic N) is 1. The van der Waals surface area contributed by atoms with E-state index in [1.165, 1.54) is 0 Å². The molecule has 1 heterocycles. The van der Waals surface area contributed by atoms with Gasteiger partial charge < -0.3 is 20.1 Å². The van der Waals surface area contributed by atoms with Gasteiger partial charge in [-0.3, -0.25) is 4.79 Å². The lowest BCUT2D eigenvalue weighted by Crippen LogP contribution is -2.41. The molecule has 2 N–H and O–H groups in total. The molecule has 1 aromatic carbocycles. The molecular weight excluding hydrogens is 320 g/mol. The Balaban J connectivity index is 1.83. The fourth-order valence-corrected chi connectivity index (χ4v) is 2.79. The van der Waals surface area contributed by atoms with Gasteiger partial charge in [0.15, 0.2) is 0 Å². The lowest BCUT2D eigenvalue weighted by molar-refractivity contribution is -0.146. The van der Waals surface area contributed by atoms with Crippen molar-refractivity contribution in [1.29, 1.82) is 0 Å². The van der Waals surface area contributed by atoms with Crippen LogP contribution in [-0.4, -0.2) is 48.8 Å². The second-order valence-electron chi connectivity index (χ2n) is 5.99. The molecule has 1 fully saturated rings. The van der Waals surface area contributed by atoms with Gasteiger partial charge in [0.1, 0.15) is 5.75 Å². The highest BCUT2D eigenvalue weighted by Gasteiger charge is 2.42. The van der Waals surface area contributed by atoms with Gasteiger partial charge in [-0.2, -0.15) is 0 Å². The SMILES string of the molecule is COc1cc(CCNC(=O)N2CCC(C)(C(=O)O)C2)ccc1Cl. The summed E-state index contributed by atoms with van der Waals surface area (Å²) in [7, 11) is 1.56. The summed E-state index contributed by atoms with van der Waals surface area (Å²) in [4.78, 5) is 24.8. The minimum absolute atomic E-state index is 0.226. The van der Waals surface area contributed by atoms with E-state index in [9.17, 15) is 14.7 Å². The number of likely N-dealkylation sites (tertiary alicyclic amines) is 1. The number of benzene rings is 1. The molecule has 6 nitrogen and oxygen atoms in total. The third-order valence-corrected chi connectivity index (χ3v) is 4.49. The number of urea groups is 1. The van der Waals surface area contributed by atoms with E-state index in [0.717, 1.165) is 5.56 Å². The van der Waals surface area contributed by atoms with Crippen molar-refractivity contribution in [3.63, 3.8) is 0 Å². The standard InChI is InChI=1S/C16H21ClN2O4/c1-16(14(20)21)6-8-19(10-16)15(22)18-7-5-11-3-4-12(17)13(9-11)23-2/h3-4,9H,5-8,10H2,1-2H3,(H,18,22)(H,20,21). The van der Waals surface area contributed by atoms with Gasteiger partial charge >= 0.3 is 12.0 Å². The summed E-state index contributed by atoms with van der Waals surface area (Å²) in [6.45, 7) is 2.83. The second-order valence-corrected chi connectivity index (χ2v) is 6.40. The molecule has 7 heteroatoms. The number of rotatable bonds is 5. The van der Waals surface area contributed by atoms with Crippen LogP contribution in [0.1, 0.15) is 18.9 Å². The highest BCUT2D eigenvalue weighted by molar-refractivity contribution is 6.32. The molecule has 0 saturated carbocycles. The Morgan fingerprint density at radius 3 is 2.83 bits per heavy atom. The average Bonchev–Trinajstić information content (AvgIpc) is 2.93. The Kier molecular flexibility index (Phi) is 5.36. The summed E-state index contributed by atoms with van der Waals surface area (Å²) in [6, 6.07) is 5.26. The van der Waals surface area contributed by atoms with Crippen LogP contribution >= 0.6 is 11.6 Å². The number of carboxylic acid groups (broad SMARTS) is 1. The summed E-state index contributed by atoms with van der Waals surface area (Å²) < 4.78 is 5.16. The van der Waals surface area contributed by atoms with Crippen LogP contribution in [0.15, 0.2) is 18.2 Å². The summed E-state index contributed by atoms with van der Waals surface area (Å²) in [5, 5.41) is 12.6. The maximum atomic E-state index is 12.1. The molecule has 1 aliphatic rings. The molecule has 1 aliphatic heterocycles. The first-order valence-electron chi connectivity index (χ1n) is 7.44. The minimum atomic E-state index is -0.860. The van der Waals surface area contributed by atoms with Gasteiger partial charge in [-0.15, -0.1) is 0 Å². The minimum Gasteiger partial charge on any atom is -0.495 e. The van der Waals surface area contributed by atoms with Crippen molar-refractivity contribution in [2.75, 3.05) is 26.7 Å². The Bertz CT molecular complexity index is 608. The third-order valence-electron chi connectivity index (χ3n) is 4.18. The first kappa shape index (κ1) is 17.4. The number of amides is 2. The molecule has 2 amide bonds. The molecule has 1 unspecified atom stereocenters. The molecule has 1 atom stereocenters. The molecule has 0 aromatic heterocycles. The van der Waals surface area contributed by atoms with E-state index in [0.29, 0.717) is 36.7 Å². The fraction of sp³-hybridized carbons (Fsp3) is 0.500. The smallest absolute Gasteiger partial charge is 0.317 e. The number of methoxy groups -OCH3 is 1. The van der Waals surface area contributed by atoms with Crippen LogP contribution in [0, 0.1) is 5.41 Å². The van der Waals surface area contributed by atoms with Crippen molar-refractivity contribution < 1.29 is 19.4 Å². The fourth-order valence-electron chi connectivity index (χ4n) is 2.59. The number of carbonyl (C=O) groups is 2. The lowest BCUT2D eigenvalue weighted by Gasteiger charge is -2.20. The topological polar surface area (TPSA) is 78.9 Å². The van der Waals surface area contributed by atoms with Gasteiger partial charge in [0.2, 0.25) is 0 Å². The van der Waals surface area contributed by atoms with E-state index in [2.05, 4.69) is 5.32 Å². The number of halogens is 1. The Labute approximate surface area is 140 Å². The molecule has 0 bridgehead atoms. The number of carbonyl (C=O) groups excluding carboxylic acids is 1. The predicted octanol–water partition coefficient (Wildman–Crippen LogP) is 2.40. The highest BCUT2D eigenvalue weighted by atomic mass is 35.5. The summed E-state index contributed by atoms with van der Waals surface area (Å²) in [5.41, 5.74) is 0.157. The number of aliphatic carboxylic acids is 1. The summed E-state index contributed by atoms with van der Waals surface area (Å²) in [5.74, 6) is -0.256. The quantitative estimate of drug-likeness (QED) is 0.862. The number of nitrogens with one attached hydrogen (secondary N) is 1. The molecule has 23 heavy (non-hydrogen) atoms. The highest BCUT2D eigenvalue weighted by Crippen LogP contribution is 2.30. The monoisotopic (exact) mass is 340 g/mol. The van der Waals surface area contributed by atoms with E-state index in [4.69, 9.17) is 16.3 Å². The number of hydrogen-bond donors (Lipinski definition) is 2. The zero-order chi connectivity index (χ0) is 17.0. The Morgan fingerprint density at radius 2 is 2.22 bits per heavy atom. The molecule has 2 rings (SSSR count). The molecule has 0 aliphatic carbocycles. The van der Waals surface area contributed by atoms with Gasteiger partial charge in [0, 0.05) is 19.6 Å². The molecule has 1 saturated heterocycles. The molecule has 0 radical (unpaired) electrons. The summed E-state index contributed by atoms with van der Waals surface area (Å²) in [6.07, 6.45) is 1.12. The molecule has 126 valence electrons. The van der Waals surface area contributed by atoms with Crippen LogP contribution in [0.25, 0.3) is 0 Å². The van der Waals surface area contributed by atoms with Crippen molar-refractivity contribution >= 4 is 23.6 Å². The zero-order valence-corrected chi connectivity index (χ0v) is 14.0. The second kappa shape index (κ2) is 7.08. The third kappa shape index (κ3) is 4.07. The summed E-state index contributed by atoms with van der Waals surface area (Å²) >= 11 is 5.97. The largest absolute Gasteiger partial charge is 0.495 e. The van der Waals surface area contributed by atoms with Crippen LogP contribution in [0.2, 0.25) is 5.02 Å². The lowest BCUT2D eigenvalue weighted by atomic mass is 9.90. The zero-order valence-electron chi connectivity index (χ0n) is 13.3. The maximum Gasteiger partial charge on any atom is 0.317 e. The number of carboxylic acids is 1. The van der Waals surface area contributed by atoms with Crippen molar-refractivity contribution in [3.8, 4) is 5.75 Å². The van der Waals surface area contributed by atoms with E-state index < -0.39 is 11.4 Å². The molecular formula is C16H21ClN2O4. The van der Waals surface area contributed by atoms with Crippen LogP contribution in [0.3, 0.4) is 0 Å². The van der Waals surface area contributed by atoms with Crippen LogP contribution in [0.4, 0.5) is 4.79 Å². The predicted molar refractivity (Wildman–Crippen MR) is 87.0 cm³/mol. The van der Waals surface area contributed by atoms with Gasteiger partial charge in [-0.1, -0.05) is 17.7 Å². The van der Waals surface area contributed by atoms with Crippen molar-refractivity contribution in [2.45, 2.75) is 19.8 Å². The van der Waals surface area contributed by atoms with E-state index in [1.807, 2.05) is 12.1 Å². The first-order chi connectivity index (χ1) is 10.9. The van der Waals surface area contributed by atoms with Gasteiger partial charge in [-0.05, 0) is 37.5 Å². The van der Waals surface area contributed by atoms with Gasteiger partial charge in [0.25, 0.3) is 0 Å². The van der Waals surface area contributed by atoms with Crippen molar-refractivity contribution in [1.82, 2.24) is 10.2 Å². The Morgan fingerprint density at radius 1 is 1.48 bits per heavy atom. The van der Waals surface area contributed by atoms with Crippen LogP contribution in [-0.2, 0) is 11.2 Å². The molecule has 1 aromatic rings. The molecule has 0 spiro atoms. The average molecular weight is 341 g/mol. The number of hydrogen-bond acceptors (Lipinski definition) is 3. The van der Waals surface area contributed by atoms with Crippen molar-refractivity contribution in [3.05, 3.63) is 28.8 Å². The normalized spacial score (nSPS) is 20.4. The maximum absolute atomic E-state index is 12.1. The van der Waals surface area contributed by atoms with E-state index in [-0.39, 0.29) is 12.6 Å². The van der Waals surface area contributed by atoms with E-state index in [1.54, 1.807) is 25.0 Å². The van der Waals surface area contributed by atoms with Crippen LogP contribution < -0.4 is 10.1 Å². The van der Waals surface area contributed by atoms with E-state index >= 15 is 0 Å². The first-order valence-corrected chi connectivity index (χ1v) is 7.82. The Hall–Kier alpha value is -1.95. The van der Waals surface area contributed by atoms with Crippen molar-refractivity contribution in [2.24, 2.45) is 5.41 Å². The van der Waals surface area contributed by atoms with Gasteiger partial charge in [-0.25, -0.2) is 4.79 Å².